The SMILES string of the molecule is CC(NC1CCCCC1)C(=O)N1CCOCC1. The first-order chi connectivity index (χ1) is 8.27. The van der Waals surface area contributed by atoms with Crippen LogP contribution in [0.2, 0.25) is 0 Å². The number of amides is 1. The zero-order valence-corrected chi connectivity index (χ0v) is 10.8. The molecule has 1 heterocycles. The summed E-state index contributed by atoms with van der Waals surface area (Å²) in [7, 11) is 0. The Kier molecular flexibility index (Phi) is 4.80. The average molecular weight is 240 g/mol. The summed E-state index contributed by atoms with van der Waals surface area (Å²) in [5.74, 6) is 0.235. The van der Waals surface area contributed by atoms with Crippen LogP contribution in [0.3, 0.4) is 0 Å². The van der Waals surface area contributed by atoms with E-state index in [0.717, 1.165) is 13.1 Å². The third kappa shape index (κ3) is 3.68. The number of hydrogen-bond donors (Lipinski definition) is 1. The van der Waals surface area contributed by atoms with Crippen molar-refractivity contribution in [3.05, 3.63) is 0 Å². The van der Waals surface area contributed by atoms with E-state index in [-0.39, 0.29) is 11.9 Å². The average Bonchev–Trinajstić information content (AvgIpc) is 2.40. The number of carbonyl (C=O) groups excluding carboxylic acids is 1. The Balaban J connectivity index is 1.77. The summed E-state index contributed by atoms with van der Waals surface area (Å²) in [5, 5.41) is 3.48. The van der Waals surface area contributed by atoms with E-state index in [9.17, 15) is 4.79 Å². The van der Waals surface area contributed by atoms with Crippen molar-refractivity contribution in [2.45, 2.75) is 51.1 Å². The van der Waals surface area contributed by atoms with Gasteiger partial charge in [0.05, 0.1) is 19.3 Å². The van der Waals surface area contributed by atoms with Crippen LogP contribution in [0.5, 0.6) is 0 Å². The van der Waals surface area contributed by atoms with Gasteiger partial charge in [-0.15, -0.1) is 0 Å². The second-order valence-corrected chi connectivity index (χ2v) is 5.16. The van der Waals surface area contributed by atoms with Gasteiger partial charge in [0, 0.05) is 19.1 Å². The molecule has 4 nitrogen and oxygen atoms in total. The van der Waals surface area contributed by atoms with Crippen LogP contribution in [0.1, 0.15) is 39.0 Å². The lowest BCUT2D eigenvalue weighted by Gasteiger charge is -2.32. The Hall–Kier alpha value is -0.610. The van der Waals surface area contributed by atoms with Gasteiger partial charge in [-0.1, -0.05) is 19.3 Å². The van der Waals surface area contributed by atoms with Crippen LogP contribution in [0.15, 0.2) is 0 Å². The van der Waals surface area contributed by atoms with Gasteiger partial charge in [-0.05, 0) is 19.8 Å². The monoisotopic (exact) mass is 240 g/mol. The van der Waals surface area contributed by atoms with Gasteiger partial charge in [-0.3, -0.25) is 4.79 Å². The minimum absolute atomic E-state index is 0.0452. The largest absolute Gasteiger partial charge is 0.378 e. The third-order valence-corrected chi connectivity index (χ3v) is 3.78. The fraction of sp³-hybridized carbons (Fsp3) is 0.923. The summed E-state index contributed by atoms with van der Waals surface area (Å²) in [6, 6.07) is 0.500. The standard InChI is InChI=1S/C13H24N2O2/c1-11(14-12-5-3-2-4-6-12)13(16)15-7-9-17-10-8-15/h11-12,14H,2-10H2,1H3. The molecule has 1 saturated heterocycles. The van der Waals surface area contributed by atoms with Gasteiger partial charge in [0.25, 0.3) is 0 Å². The second kappa shape index (κ2) is 6.36. The van der Waals surface area contributed by atoms with Crippen molar-refractivity contribution >= 4 is 5.91 Å². The molecule has 1 unspecified atom stereocenters. The molecule has 0 aromatic carbocycles. The summed E-state index contributed by atoms with van der Waals surface area (Å²) in [6.07, 6.45) is 6.40. The highest BCUT2D eigenvalue weighted by Gasteiger charge is 2.24. The molecule has 0 radical (unpaired) electrons. The van der Waals surface area contributed by atoms with Gasteiger partial charge in [-0.2, -0.15) is 0 Å². The van der Waals surface area contributed by atoms with Gasteiger partial charge < -0.3 is 15.0 Å². The van der Waals surface area contributed by atoms with Crippen molar-refractivity contribution < 1.29 is 9.53 Å². The van der Waals surface area contributed by atoms with Gasteiger partial charge in [-0.25, -0.2) is 0 Å². The van der Waals surface area contributed by atoms with Gasteiger partial charge in [0.2, 0.25) is 5.91 Å². The highest BCUT2D eigenvalue weighted by molar-refractivity contribution is 5.81. The number of nitrogens with zero attached hydrogens (tertiary/aromatic N) is 1. The van der Waals surface area contributed by atoms with Crippen LogP contribution >= 0.6 is 0 Å². The van der Waals surface area contributed by atoms with Gasteiger partial charge in [0.15, 0.2) is 0 Å². The van der Waals surface area contributed by atoms with Gasteiger partial charge >= 0.3 is 0 Å². The fourth-order valence-corrected chi connectivity index (χ4v) is 2.75. The van der Waals surface area contributed by atoms with Crippen molar-refractivity contribution in [1.82, 2.24) is 10.2 Å². The number of nitrogens with one attached hydrogen (secondary N) is 1. The molecule has 0 aromatic rings. The van der Waals surface area contributed by atoms with Crippen LogP contribution in [0.25, 0.3) is 0 Å². The highest BCUT2D eigenvalue weighted by Crippen LogP contribution is 2.18. The lowest BCUT2D eigenvalue weighted by Crippen LogP contribution is -2.51. The van der Waals surface area contributed by atoms with E-state index in [4.69, 9.17) is 4.74 Å². The van der Waals surface area contributed by atoms with Crippen molar-refractivity contribution in [2.75, 3.05) is 26.3 Å². The van der Waals surface area contributed by atoms with Crippen LogP contribution < -0.4 is 5.32 Å². The van der Waals surface area contributed by atoms with Crippen LogP contribution in [-0.4, -0.2) is 49.2 Å². The van der Waals surface area contributed by atoms with Crippen molar-refractivity contribution in [1.29, 1.82) is 0 Å². The maximum absolute atomic E-state index is 12.2. The molecule has 0 spiro atoms. The van der Waals surface area contributed by atoms with E-state index in [1.807, 2.05) is 11.8 Å². The van der Waals surface area contributed by atoms with E-state index in [1.165, 1.54) is 32.1 Å². The Morgan fingerprint density at radius 3 is 2.53 bits per heavy atom. The maximum atomic E-state index is 12.2. The number of hydrogen-bond acceptors (Lipinski definition) is 3. The molecule has 1 amide bonds. The minimum Gasteiger partial charge on any atom is -0.378 e. The van der Waals surface area contributed by atoms with E-state index in [0.29, 0.717) is 19.3 Å². The zero-order chi connectivity index (χ0) is 12.1. The number of rotatable bonds is 3. The van der Waals surface area contributed by atoms with Gasteiger partial charge in [0.1, 0.15) is 0 Å². The summed E-state index contributed by atoms with van der Waals surface area (Å²) in [6.45, 7) is 4.85. The van der Waals surface area contributed by atoms with Crippen LogP contribution in [0, 0.1) is 0 Å². The number of carbonyl (C=O) groups is 1. The molecule has 98 valence electrons. The van der Waals surface area contributed by atoms with Crippen molar-refractivity contribution in [3.8, 4) is 0 Å². The molecule has 0 bridgehead atoms. The number of morpholine rings is 1. The molecular formula is C13H24N2O2. The smallest absolute Gasteiger partial charge is 0.239 e. The second-order valence-electron chi connectivity index (χ2n) is 5.16. The summed E-state index contributed by atoms with van der Waals surface area (Å²) < 4.78 is 5.27. The first kappa shape index (κ1) is 12.8. The Bertz CT molecular complexity index is 246. The molecule has 2 rings (SSSR count). The lowest BCUT2D eigenvalue weighted by atomic mass is 9.95. The molecule has 17 heavy (non-hydrogen) atoms. The molecule has 4 heteroatoms. The zero-order valence-electron chi connectivity index (χ0n) is 10.8. The molecule has 1 N–H and O–H groups in total. The molecule has 2 fully saturated rings. The Morgan fingerprint density at radius 2 is 1.88 bits per heavy atom. The molecule has 1 aliphatic heterocycles. The third-order valence-electron chi connectivity index (χ3n) is 3.78. The van der Waals surface area contributed by atoms with E-state index in [2.05, 4.69) is 5.32 Å². The highest BCUT2D eigenvalue weighted by atomic mass is 16.5. The van der Waals surface area contributed by atoms with E-state index in [1.54, 1.807) is 0 Å². The Labute approximate surface area is 104 Å². The predicted molar refractivity (Wildman–Crippen MR) is 66.9 cm³/mol. The maximum Gasteiger partial charge on any atom is 0.239 e. The van der Waals surface area contributed by atoms with Crippen molar-refractivity contribution in [2.24, 2.45) is 0 Å². The normalized spacial score (nSPS) is 24.6. The lowest BCUT2D eigenvalue weighted by molar-refractivity contribution is -0.137. The first-order valence-corrected chi connectivity index (χ1v) is 6.90. The van der Waals surface area contributed by atoms with Crippen LogP contribution in [0.4, 0.5) is 0 Å². The number of ether oxygens (including phenoxy) is 1. The summed E-state index contributed by atoms with van der Waals surface area (Å²) in [5.41, 5.74) is 0. The van der Waals surface area contributed by atoms with Crippen molar-refractivity contribution in [3.63, 3.8) is 0 Å². The van der Waals surface area contributed by atoms with Crippen LogP contribution in [-0.2, 0) is 9.53 Å². The molecule has 1 atom stereocenters. The summed E-state index contributed by atoms with van der Waals surface area (Å²) >= 11 is 0. The predicted octanol–water partition coefficient (Wildman–Crippen LogP) is 1.16. The summed E-state index contributed by atoms with van der Waals surface area (Å²) in [4.78, 5) is 14.1. The fourth-order valence-electron chi connectivity index (χ4n) is 2.75. The van der Waals surface area contributed by atoms with E-state index >= 15 is 0 Å². The molecule has 2 aliphatic rings. The molecule has 1 aliphatic carbocycles. The Morgan fingerprint density at radius 1 is 1.24 bits per heavy atom. The topological polar surface area (TPSA) is 41.6 Å². The molecule has 1 saturated carbocycles. The van der Waals surface area contributed by atoms with E-state index < -0.39 is 0 Å². The first-order valence-electron chi connectivity index (χ1n) is 6.90. The molecule has 0 aromatic heterocycles. The molecular weight excluding hydrogens is 216 g/mol. The quantitative estimate of drug-likeness (QED) is 0.805. The minimum atomic E-state index is -0.0452.